The maximum absolute atomic E-state index is 12.2. The van der Waals surface area contributed by atoms with E-state index in [9.17, 15) is 19.5 Å². The zero-order chi connectivity index (χ0) is 19.3. The molecule has 0 spiro atoms. The largest absolute Gasteiger partial charge is 0.481 e. The number of carbonyl (C=O) groups is 3. The van der Waals surface area contributed by atoms with Crippen LogP contribution in [0.1, 0.15) is 26.3 Å². The monoisotopic (exact) mass is 364 g/mol. The highest BCUT2D eigenvalue weighted by atomic mass is 16.6. The molecule has 0 unspecified atom stereocenters. The maximum atomic E-state index is 12.2. The molecule has 8 nitrogen and oxygen atoms in total. The number of amides is 2. The molecular formula is C18H24N2O6. The fourth-order valence-corrected chi connectivity index (χ4v) is 2.62. The van der Waals surface area contributed by atoms with Gasteiger partial charge in [-0.15, -0.1) is 0 Å². The Morgan fingerprint density at radius 2 is 1.85 bits per heavy atom. The van der Waals surface area contributed by atoms with Crippen molar-refractivity contribution in [3.05, 3.63) is 35.9 Å². The van der Waals surface area contributed by atoms with E-state index in [-0.39, 0.29) is 19.7 Å². The van der Waals surface area contributed by atoms with Crippen LogP contribution < -0.4 is 5.32 Å². The van der Waals surface area contributed by atoms with Gasteiger partial charge in [0, 0.05) is 13.1 Å². The second kappa shape index (κ2) is 8.07. The molecule has 0 bridgehead atoms. The van der Waals surface area contributed by atoms with Gasteiger partial charge in [0.15, 0.2) is 0 Å². The lowest BCUT2D eigenvalue weighted by Crippen LogP contribution is -2.45. The number of ether oxygens (including phenoxy) is 2. The molecule has 2 amide bonds. The Hall–Kier alpha value is -2.77. The molecule has 1 aromatic carbocycles. The Balaban J connectivity index is 1.93. The van der Waals surface area contributed by atoms with Gasteiger partial charge in [0.1, 0.15) is 12.2 Å². The zero-order valence-electron chi connectivity index (χ0n) is 15.1. The first-order chi connectivity index (χ1) is 12.2. The van der Waals surface area contributed by atoms with Gasteiger partial charge in [0.2, 0.25) is 0 Å². The number of aliphatic carboxylic acids is 1. The molecule has 26 heavy (non-hydrogen) atoms. The van der Waals surface area contributed by atoms with E-state index in [1.807, 2.05) is 30.3 Å². The van der Waals surface area contributed by atoms with Crippen molar-refractivity contribution in [3.8, 4) is 0 Å². The van der Waals surface area contributed by atoms with Gasteiger partial charge in [-0.1, -0.05) is 30.3 Å². The summed E-state index contributed by atoms with van der Waals surface area (Å²) in [6, 6.07) is 8.43. The smallest absolute Gasteiger partial charge is 0.410 e. The van der Waals surface area contributed by atoms with E-state index in [1.54, 1.807) is 20.8 Å². The highest BCUT2D eigenvalue weighted by Crippen LogP contribution is 2.20. The van der Waals surface area contributed by atoms with Gasteiger partial charge in [-0.2, -0.15) is 0 Å². The molecule has 1 saturated heterocycles. The first-order valence-electron chi connectivity index (χ1n) is 8.33. The van der Waals surface area contributed by atoms with Gasteiger partial charge in [-0.3, -0.25) is 4.79 Å². The third-order valence-corrected chi connectivity index (χ3v) is 3.80. The predicted octanol–water partition coefficient (Wildman–Crippen LogP) is 2.23. The van der Waals surface area contributed by atoms with Crippen LogP contribution in [0.25, 0.3) is 0 Å². The van der Waals surface area contributed by atoms with Crippen LogP contribution in [0.3, 0.4) is 0 Å². The first kappa shape index (κ1) is 19.6. The summed E-state index contributed by atoms with van der Waals surface area (Å²) in [5.41, 5.74) is 0.133. The minimum absolute atomic E-state index is 0.0383. The molecule has 1 heterocycles. The van der Waals surface area contributed by atoms with E-state index in [0.717, 1.165) is 5.56 Å². The van der Waals surface area contributed by atoms with Gasteiger partial charge >= 0.3 is 18.2 Å². The molecule has 8 heteroatoms. The van der Waals surface area contributed by atoms with Crippen molar-refractivity contribution in [1.82, 2.24) is 10.2 Å². The summed E-state index contributed by atoms with van der Waals surface area (Å²) in [7, 11) is 0. The zero-order valence-corrected chi connectivity index (χ0v) is 15.1. The van der Waals surface area contributed by atoms with Crippen LogP contribution in [0.5, 0.6) is 0 Å². The summed E-state index contributed by atoms with van der Waals surface area (Å²) < 4.78 is 10.4. The number of carboxylic acid groups (broad SMARTS) is 1. The Morgan fingerprint density at radius 1 is 1.19 bits per heavy atom. The fraction of sp³-hybridized carbons (Fsp3) is 0.500. The molecule has 1 aromatic rings. The van der Waals surface area contributed by atoms with Crippen molar-refractivity contribution in [2.24, 2.45) is 5.92 Å². The number of alkyl carbamates (subject to hydrolysis) is 1. The summed E-state index contributed by atoms with van der Waals surface area (Å²) in [6.07, 6.45) is -1.33. The highest BCUT2D eigenvalue weighted by Gasteiger charge is 2.41. The number of likely N-dealkylation sites (tertiary alicyclic amines) is 1. The van der Waals surface area contributed by atoms with Crippen LogP contribution >= 0.6 is 0 Å². The van der Waals surface area contributed by atoms with Crippen LogP contribution in [0.2, 0.25) is 0 Å². The lowest BCUT2D eigenvalue weighted by atomic mass is 10.0. The highest BCUT2D eigenvalue weighted by molar-refractivity contribution is 5.77. The van der Waals surface area contributed by atoms with Crippen LogP contribution in [0, 0.1) is 5.92 Å². The third-order valence-electron chi connectivity index (χ3n) is 3.80. The molecule has 1 aliphatic rings. The number of benzene rings is 1. The van der Waals surface area contributed by atoms with Crippen LogP contribution in [-0.2, 0) is 20.9 Å². The van der Waals surface area contributed by atoms with Gasteiger partial charge in [0.05, 0.1) is 12.0 Å². The Labute approximate surface area is 152 Å². The number of carbonyl (C=O) groups excluding carboxylic acids is 2. The van der Waals surface area contributed by atoms with Crippen molar-refractivity contribution in [2.45, 2.75) is 39.0 Å². The van der Waals surface area contributed by atoms with Gasteiger partial charge in [-0.25, -0.2) is 9.59 Å². The average molecular weight is 364 g/mol. The minimum Gasteiger partial charge on any atom is -0.481 e. The minimum atomic E-state index is -1.09. The number of nitrogens with zero attached hydrogens (tertiary/aromatic N) is 1. The normalized spacial score (nSPS) is 19.7. The number of hydrogen-bond acceptors (Lipinski definition) is 5. The molecule has 0 saturated carbocycles. The van der Waals surface area contributed by atoms with Crippen molar-refractivity contribution in [3.63, 3.8) is 0 Å². The number of nitrogens with one attached hydrogen (secondary N) is 1. The fourth-order valence-electron chi connectivity index (χ4n) is 2.62. The lowest BCUT2D eigenvalue weighted by molar-refractivity contribution is -0.141. The molecule has 0 aromatic heterocycles. The maximum Gasteiger partial charge on any atom is 0.410 e. The molecule has 2 atom stereocenters. The quantitative estimate of drug-likeness (QED) is 0.849. The van der Waals surface area contributed by atoms with E-state index in [0.29, 0.717) is 0 Å². The van der Waals surface area contributed by atoms with Crippen LogP contribution in [0.15, 0.2) is 30.3 Å². The molecule has 0 aliphatic carbocycles. The summed E-state index contributed by atoms with van der Waals surface area (Å²) in [4.78, 5) is 36.9. The molecule has 1 fully saturated rings. The summed E-state index contributed by atoms with van der Waals surface area (Å²) in [6.45, 7) is 5.24. The molecule has 0 radical (unpaired) electrons. The second-order valence-electron chi connectivity index (χ2n) is 7.14. The summed E-state index contributed by atoms with van der Waals surface area (Å²) >= 11 is 0. The number of carboxylic acids is 1. The van der Waals surface area contributed by atoms with Gasteiger partial charge in [0.25, 0.3) is 0 Å². The molecule has 142 valence electrons. The van der Waals surface area contributed by atoms with Crippen molar-refractivity contribution in [1.29, 1.82) is 0 Å². The standard InChI is InChI=1S/C18H24N2O6/c1-18(2,3)26-16(23)19-14-10-20(9-13(14)15(21)22)17(24)25-11-12-7-5-4-6-8-12/h4-8,13-14H,9-11H2,1-3H3,(H,19,23)(H,21,22)/t13-,14+/m0/s1. The van der Waals surface area contributed by atoms with E-state index in [1.165, 1.54) is 4.90 Å². The van der Waals surface area contributed by atoms with E-state index < -0.39 is 35.7 Å². The average Bonchev–Trinajstić information content (AvgIpc) is 2.95. The Kier molecular flexibility index (Phi) is 6.07. The molecule has 2 N–H and O–H groups in total. The first-order valence-corrected chi connectivity index (χ1v) is 8.33. The Bertz CT molecular complexity index is 655. The van der Waals surface area contributed by atoms with E-state index in [2.05, 4.69) is 5.32 Å². The van der Waals surface area contributed by atoms with Gasteiger partial charge in [-0.05, 0) is 26.3 Å². The topological polar surface area (TPSA) is 105 Å². The van der Waals surface area contributed by atoms with Crippen LogP contribution in [-0.4, -0.2) is 52.9 Å². The van der Waals surface area contributed by atoms with Crippen LogP contribution in [0.4, 0.5) is 9.59 Å². The summed E-state index contributed by atoms with van der Waals surface area (Å²) in [5.74, 6) is -2.02. The van der Waals surface area contributed by atoms with Gasteiger partial charge < -0.3 is 24.8 Å². The van der Waals surface area contributed by atoms with Crippen molar-refractivity contribution in [2.75, 3.05) is 13.1 Å². The van der Waals surface area contributed by atoms with E-state index in [4.69, 9.17) is 9.47 Å². The van der Waals surface area contributed by atoms with Crippen molar-refractivity contribution >= 4 is 18.2 Å². The third kappa shape index (κ3) is 5.65. The number of rotatable bonds is 4. The Morgan fingerprint density at radius 3 is 2.42 bits per heavy atom. The van der Waals surface area contributed by atoms with E-state index >= 15 is 0 Å². The van der Waals surface area contributed by atoms with Crippen molar-refractivity contribution < 1.29 is 29.0 Å². The molecule has 2 rings (SSSR count). The SMILES string of the molecule is CC(C)(C)OC(=O)N[C@@H]1CN(C(=O)OCc2ccccc2)C[C@@H]1C(=O)O. The second-order valence-corrected chi connectivity index (χ2v) is 7.14. The molecule has 1 aliphatic heterocycles. The predicted molar refractivity (Wildman–Crippen MR) is 92.5 cm³/mol. The number of hydrogen-bond donors (Lipinski definition) is 2. The lowest BCUT2D eigenvalue weighted by Gasteiger charge is -2.23. The molecular weight excluding hydrogens is 340 g/mol. The summed E-state index contributed by atoms with van der Waals surface area (Å²) in [5, 5.41) is 11.9.